The smallest absolute Gasteiger partial charge is 0.123 e. The molecule has 100 valence electrons. The fraction of sp³-hybridized carbons (Fsp3) is 0.200. The Bertz CT molecular complexity index is 540. The number of nitrogens with two attached hydrogens (primary N) is 1. The Morgan fingerprint density at radius 2 is 1.79 bits per heavy atom. The Kier molecular flexibility index (Phi) is 4.49. The van der Waals surface area contributed by atoms with Gasteiger partial charge in [0.2, 0.25) is 0 Å². The highest BCUT2D eigenvalue weighted by molar-refractivity contribution is 5.30. The molecule has 0 amide bonds. The van der Waals surface area contributed by atoms with Gasteiger partial charge in [0.1, 0.15) is 18.2 Å². The van der Waals surface area contributed by atoms with Gasteiger partial charge in [0.05, 0.1) is 6.61 Å². The van der Waals surface area contributed by atoms with Crippen LogP contribution in [0.4, 0.5) is 4.39 Å². The molecule has 0 bridgehead atoms. The lowest BCUT2D eigenvalue weighted by molar-refractivity contribution is 0.280. The zero-order chi connectivity index (χ0) is 13.7. The predicted molar refractivity (Wildman–Crippen MR) is 71.0 cm³/mol. The van der Waals surface area contributed by atoms with Crippen molar-refractivity contribution in [2.45, 2.75) is 19.8 Å². The van der Waals surface area contributed by atoms with Gasteiger partial charge >= 0.3 is 0 Å². The highest BCUT2D eigenvalue weighted by Gasteiger charge is 2.04. The van der Waals surface area contributed by atoms with Crippen LogP contribution in [0.1, 0.15) is 16.7 Å². The normalized spacial score (nSPS) is 10.5. The Morgan fingerprint density at radius 1 is 1.05 bits per heavy atom. The van der Waals surface area contributed by atoms with Gasteiger partial charge in [-0.3, -0.25) is 0 Å². The zero-order valence-electron chi connectivity index (χ0n) is 10.5. The largest absolute Gasteiger partial charge is 0.489 e. The first-order chi connectivity index (χ1) is 9.22. The summed E-state index contributed by atoms with van der Waals surface area (Å²) in [6.45, 7) is 0.618. The van der Waals surface area contributed by atoms with Crippen LogP contribution in [-0.4, -0.2) is 5.11 Å². The molecule has 4 heteroatoms. The van der Waals surface area contributed by atoms with Gasteiger partial charge < -0.3 is 15.6 Å². The summed E-state index contributed by atoms with van der Waals surface area (Å²) in [5, 5.41) is 8.94. The minimum absolute atomic E-state index is 0.00149. The van der Waals surface area contributed by atoms with E-state index in [4.69, 9.17) is 15.6 Å². The molecule has 2 rings (SSSR count). The Morgan fingerprint density at radius 3 is 2.42 bits per heavy atom. The molecule has 2 aromatic rings. The molecule has 0 aliphatic carbocycles. The average Bonchev–Trinajstić information content (AvgIpc) is 2.46. The van der Waals surface area contributed by atoms with Crippen molar-refractivity contribution >= 4 is 0 Å². The molecule has 0 saturated heterocycles. The molecule has 3 N–H and O–H groups in total. The molecule has 0 aromatic heterocycles. The van der Waals surface area contributed by atoms with Crippen LogP contribution in [0.5, 0.6) is 5.75 Å². The Balaban J connectivity index is 2.07. The molecule has 0 radical (unpaired) electrons. The first kappa shape index (κ1) is 13.5. The lowest BCUT2D eigenvalue weighted by atomic mass is 10.1. The standard InChI is InChI=1S/C15H16FNO2/c16-14-4-3-12(8-17)13(7-14)10-19-15-5-1-11(9-18)2-6-15/h1-7,18H,8-10,17H2. The van der Waals surface area contributed by atoms with E-state index >= 15 is 0 Å². The van der Waals surface area contributed by atoms with Crippen LogP contribution >= 0.6 is 0 Å². The molecule has 0 aliphatic heterocycles. The minimum atomic E-state index is -0.300. The van der Waals surface area contributed by atoms with Crippen molar-refractivity contribution in [2.24, 2.45) is 5.73 Å². The number of benzene rings is 2. The third-order valence-corrected chi connectivity index (χ3v) is 2.89. The van der Waals surface area contributed by atoms with E-state index < -0.39 is 0 Å². The zero-order valence-corrected chi connectivity index (χ0v) is 10.5. The molecule has 0 fully saturated rings. The number of hydrogen-bond acceptors (Lipinski definition) is 3. The van der Waals surface area contributed by atoms with E-state index in [2.05, 4.69) is 0 Å². The third-order valence-electron chi connectivity index (χ3n) is 2.89. The van der Waals surface area contributed by atoms with Gasteiger partial charge in [-0.15, -0.1) is 0 Å². The monoisotopic (exact) mass is 261 g/mol. The summed E-state index contributed by atoms with van der Waals surface area (Å²) in [6, 6.07) is 11.6. The van der Waals surface area contributed by atoms with E-state index in [-0.39, 0.29) is 19.0 Å². The first-order valence-electron chi connectivity index (χ1n) is 6.03. The van der Waals surface area contributed by atoms with Crippen molar-refractivity contribution in [1.29, 1.82) is 0 Å². The maximum absolute atomic E-state index is 13.2. The van der Waals surface area contributed by atoms with Gasteiger partial charge in [-0.05, 0) is 41.0 Å². The second-order valence-corrected chi connectivity index (χ2v) is 4.21. The Hall–Kier alpha value is -1.91. The van der Waals surface area contributed by atoms with E-state index in [1.807, 2.05) is 0 Å². The molecular weight excluding hydrogens is 245 g/mol. The molecule has 3 nitrogen and oxygen atoms in total. The van der Waals surface area contributed by atoms with Gasteiger partial charge in [0.25, 0.3) is 0 Å². The molecule has 0 saturated carbocycles. The summed E-state index contributed by atoms with van der Waals surface area (Å²) in [5.74, 6) is 0.371. The van der Waals surface area contributed by atoms with Crippen LogP contribution in [0, 0.1) is 5.82 Å². The van der Waals surface area contributed by atoms with Crippen LogP contribution < -0.4 is 10.5 Å². The second-order valence-electron chi connectivity index (χ2n) is 4.21. The number of ether oxygens (including phenoxy) is 1. The van der Waals surface area contributed by atoms with E-state index in [1.165, 1.54) is 12.1 Å². The van der Waals surface area contributed by atoms with Crippen molar-refractivity contribution < 1.29 is 14.2 Å². The lowest BCUT2D eigenvalue weighted by Crippen LogP contribution is -2.05. The molecule has 0 unspecified atom stereocenters. The van der Waals surface area contributed by atoms with Crippen LogP contribution in [0.25, 0.3) is 0 Å². The van der Waals surface area contributed by atoms with Crippen LogP contribution in [0.3, 0.4) is 0 Å². The van der Waals surface area contributed by atoms with Crippen LogP contribution in [0.2, 0.25) is 0 Å². The number of aliphatic hydroxyl groups excluding tert-OH is 1. The van der Waals surface area contributed by atoms with E-state index in [0.717, 1.165) is 16.7 Å². The third kappa shape index (κ3) is 3.53. The summed E-state index contributed by atoms with van der Waals surface area (Å²) >= 11 is 0. The summed E-state index contributed by atoms with van der Waals surface area (Å²) in [7, 11) is 0. The predicted octanol–water partition coefficient (Wildman–Crippen LogP) is 2.36. The van der Waals surface area contributed by atoms with Crippen molar-refractivity contribution in [3.63, 3.8) is 0 Å². The SMILES string of the molecule is NCc1ccc(F)cc1COc1ccc(CO)cc1. The molecule has 2 aromatic carbocycles. The van der Waals surface area contributed by atoms with Crippen LogP contribution in [0.15, 0.2) is 42.5 Å². The molecule has 19 heavy (non-hydrogen) atoms. The van der Waals surface area contributed by atoms with Gasteiger partial charge in [-0.1, -0.05) is 18.2 Å². The number of hydrogen-bond donors (Lipinski definition) is 2. The van der Waals surface area contributed by atoms with E-state index in [9.17, 15) is 4.39 Å². The van der Waals surface area contributed by atoms with E-state index in [0.29, 0.717) is 12.3 Å². The minimum Gasteiger partial charge on any atom is -0.489 e. The average molecular weight is 261 g/mol. The molecule has 0 spiro atoms. The van der Waals surface area contributed by atoms with Gasteiger partial charge in [0.15, 0.2) is 0 Å². The maximum Gasteiger partial charge on any atom is 0.123 e. The molecule has 0 atom stereocenters. The second kappa shape index (κ2) is 6.31. The number of halogens is 1. The van der Waals surface area contributed by atoms with Crippen molar-refractivity contribution in [3.05, 3.63) is 65.0 Å². The van der Waals surface area contributed by atoms with Crippen molar-refractivity contribution in [2.75, 3.05) is 0 Å². The van der Waals surface area contributed by atoms with Gasteiger partial charge in [0, 0.05) is 6.54 Å². The van der Waals surface area contributed by atoms with Gasteiger partial charge in [-0.25, -0.2) is 4.39 Å². The topological polar surface area (TPSA) is 55.5 Å². The lowest BCUT2D eigenvalue weighted by Gasteiger charge is -2.10. The van der Waals surface area contributed by atoms with Crippen molar-refractivity contribution in [1.82, 2.24) is 0 Å². The van der Waals surface area contributed by atoms with Gasteiger partial charge in [-0.2, -0.15) is 0 Å². The summed E-state index contributed by atoms with van der Waals surface area (Å²) < 4.78 is 18.8. The maximum atomic E-state index is 13.2. The summed E-state index contributed by atoms with van der Waals surface area (Å²) in [4.78, 5) is 0. The Labute approximate surface area is 111 Å². The molecular formula is C15H16FNO2. The quantitative estimate of drug-likeness (QED) is 0.868. The molecule has 0 heterocycles. The van der Waals surface area contributed by atoms with E-state index in [1.54, 1.807) is 30.3 Å². The summed E-state index contributed by atoms with van der Waals surface area (Å²) in [5.41, 5.74) is 8.03. The molecule has 0 aliphatic rings. The first-order valence-corrected chi connectivity index (χ1v) is 6.03. The fourth-order valence-corrected chi connectivity index (χ4v) is 1.78. The fourth-order valence-electron chi connectivity index (χ4n) is 1.78. The summed E-state index contributed by atoms with van der Waals surface area (Å²) in [6.07, 6.45) is 0. The highest BCUT2D eigenvalue weighted by atomic mass is 19.1. The van der Waals surface area contributed by atoms with Crippen molar-refractivity contribution in [3.8, 4) is 5.75 Å². The number of rotatable bonds is 5. The van der Waals surface area contributed by atoms with Crippen LogP contribution in [-0.2, 0) is 19.8 Å². The highest BCUT2D eigenvalue weighted by Crippen LogP contribution is 2.17. The number of aliphatic hydroxyl groups is 1.